The van der Waals surface area contributed by atoms with Crippen LogP contribution in [0, 0.1) is 5.92 Å². The minimum absolute atomic E-state index is 0.135. The topological polar surface area (TPSA) is 49.0 Å². The monoisotopic (exact) mass is 257 g/mol. The van der Waals surface area contributed by atoms with Gasteiger partial charge in [0, 0.05) is 23.5 Å². The zero-order valence-electron chi connectivity index (χ0n) is 11.4. The third-order valence-corrected chi connectivity index (χ3v) is 4.09. The third kappa shape index (κ3) is 2.23. The van der Waals surface area contributed by atoms with Gasteiger partial charge in [-0.1, -0.05) is 13.0 Å². The molecule has 3 rings (SSSR count). The van der Waals surface area contributed by atoms with E-state index in [1.807, 2.05) is 23.1 Å². The maximum Gasteiger partial charge on any atom is 0.254 e. The molecule has 1 saturated heterocycles. The van der Waals surface area contributed by atoms with Crippen molar-refractivity contribution >= 4 is 16.8 Å². The number of rotatable bonds is 1. The molecule has 0 saturated carbocycles. The van der Waals surface area contributed by atoms with Crippen LogP contribution in [0.1, 0.15) is 37.0 Å². The Morgan fingerprint density at radius 1 is 1.42 bits per heavy atom. The second-order valence-electron chi connectivity index (χ2n) is 5.65. The maximum absolute atomic E-state index is 12.6. The SMILES string of the molecule is CC1CCN(C(=O)c2ccc3cn[nH]c3c2)C(C)C1. The third-order valence-electron chi connectivity index (χ3n) is 4.09. The van der Waals surface area contributed by atoms with E-state index in [1.165, 1.54) is 0 Å². The molecule has 1 aliphatic heterocycles. The van der Waals surface area contributed by atoms with E-state index < -0.39 is 0 Å². The zero-order chi connectivity index (χ0) is 13.4. The Morgan fingerprint density at radius 2 is 2.26 bits per heavy atom. The summed E-state index contributed by atoms with van der Waals surface area (Å²) < 4.78 is 0. The van der Waals surface area contributed by atoms with Crippen molar-refractivity contribution in [2.45, 2.75) is 32.7 Å². The summed E-state index contributed by atoms with van der Waals surface area (Å²) in [7, 11) is 0. The highest BCUT2D eigenvalue weighted by Crippen LogP contribution is 2.24. The van der Waals surface area contributed by atoms with Gasteiger partial charge in [-0.05, 0) is 37.8 Å². The number of likely N-dealkylation sites (tertiary alicyclic amines) is 1. The molecular weight excluding hydrogens is 238 g/mol. The molecule has 1 fully saturated rings. The summed E-state index contributed by atoms with van der Waals surface area (Å²) in [5.41, 5.74) is 1.67. The molecule has 1 aliphatic rings. The molecule has 2 aromatic rings. The van der Waals surface area contributed by atoms with Gasteiger partial charge < -0.3 is 4.90 Å². The van der Waals surface area contributed by atoms with Crippen LogP contribution in [0.5, 0.6) is 0 Å². The lowest BCUT2D eigenvalue weighted by molar-refractivity contribution is 0.0589. The van der Waals surface area contributed by atoms with Crippen molar-refractivity contribution in [3.8, 4) is 0 Å². The zero-order valence-corrected chi connectivity index (χ0v) is 11.4. The maximum atomic E-state index is 12.6. The van der Waals surface area contributed by atoms with Gasteiger partial charge >= 0.3 is 0 Å². The largest absolute Gasteiger partial charge is 0.336 e. The second kappa shape index (κ2) is 4.68. The first-order valence-electron chi connectivity index (χ1n) is 6.89. The highest BCUT2D eigenvalue weighted by atomic mass is 16.2. The van der Waals surface area contributed by atoms with Crippen LogP contribution in [0.15, 0.2) is 24.4 Å². The molecule has 0 aliphatic carbocycles. The molecule has 2 unspecified atom stereocenters. The summed E-state index contributed by atoms with van der Waals surface area (Å²) in [5, 5.41) is 7.94. The molecule has 2 atom stereocenters. The van der Waals surface area contributed by atoms with Gasteiger partial charge in [0.25, 0.3) is 5.91 Å². The van der Waals surface area contributed by atoms with Gasteiger partial charge in [-0.25, -0.2) is 0 Å². The predicted molar refractivity (Wildman–Crippen MR) is 75.0 cm³/mol. The minimum atomic E-state index is 0.135. The summed E-state index contributed by atoms with van der Waals surface area (Å²) in [6.07, 6.45) is 3.97. The molecule has 2 heterocycles. The van der Waals surface area contributed by atoms with E-state index in [0.717, 1.165) is 35.9 Å². The number of piperidine rings is 1. The quantitative estimate of drug-likeness (QED) is 0.854. The summed E-state index contributed by atoms with van der Waals surface area (Å²) >= 11 is 0. The van der Waals surface area contributed by atoms with E-state index in [1.54, 1.807) is 6.20 Å². The van der Waals surface area contributed by atoms with Gasteiger partial charge in [-0.2, -0.15) is 5.10 Å². The predicted octanol–water partition coefficient (Wildman–Crippen LogP) is 2.82. The first-order chi connectivity index (χ1) is 9.15. The number of hydrogen-bond acceptors (Lipinski definition) is 2. The number of nitrogens with one attached hydrogen (secondary N) is 1. The molecular formula is C15H19N3O. The van der Waals surface area contributed by atoms with Crippen molar-refractivity contribution in [1.82, 2.24) is 15.1 Å². The highest BCUT2D eigenvalue weighted by Gasteiger charge is 2.27. The number of nitrogens with zero attached hydrogens (tertiary/aromatic N) is 2. The average molecular weight is 257 g/mol. The van der Waals surface area contributed by atoms with Crippen LogP contribution in [0.4, 0.5) is 0 Å². The Morgan fingerprint density at radius 3 is 3.05 bits per heavy atom. The number of aromatic nitrogens is 2. The summed E-state index contributed by atoms with van der Waals surface area (Å²) in [4.78, 5) is 14.6. The van der Waals surface area contributed by atoms with Crippen LogP contribution in [0.25, 0.3) is 10.9 Å². The van der Waals surface area contributed by atoms with E-state index in [0.29, 0.717) is 12.0 Å². The summed E-state index contributed by atoms with van der Waals surface area (Å²) in [6, 6.07) is 6.07. The average Bonchev–Trinajstić information content (AvgIpc) is 2.85. The molecule has 1 amide bonds. The number of benzene rings is 1. The lowest BCUT2D eigenvalue weighted by Crippen LogP contribution is -2.44. The molecule has 0 radical (unpaired) electrons. The molecule has 1 aromatic carbocycles. The highest BCUT2D eigenvalue weighted by molar-refractivity contribution is 5.97. The van der Waals surface area contributed by atoms with Crippen LogP contribution in [0.2, 0.25) is 0 Å². The van der Waals surface area contributed by atoms with E-state index >= 15 is 0 Å². The van der Waals surface area contributed by atoms with Gasteiger partial charge in [0.2, 0.25) is 0 Å². The van der Waals surface area contributed by atoms with Crippen LogP contribution in [-0.4, -0.2) is 33.6 Å². The molecule has 1 aromatic heterocycles. The lowest BCUT2D eigenvalue weighted by Gasteiger charge is -2.36. The van der Waals surface area contributed by atoms with Crippen LogP contribution >= 0.6 is 0 Å². The van der Waals surface area contributed by atoms with Gasteiger partial charge in [-0.3, -0.25) is 9.89 Å². The fourth-order valence-corrected chi connectivity index (χ4v) is 2.94. The standard InChI is InChI=1S/C15H19N3O/c1-10-5-6-18(11(2)7-10)15(19)12-3-4-13-9-16-17-14(13)8-12/h3-4,8-11H,5-7H2,1-2H3,(H,16,17). The summed E-state index contributed by atoms with van der Waals surface area (Å²) in [6.45, 7) is 5.26. The fraction of sp³-hybridized carbons (Fsp3) is 0.467. The lowest BCUT2D eigenvalue weighted by atomic mass is 9.93. The van der Waals surface area contributed by atoms with Crippen molar-refractivity contribution in [3.63, 3.8) is 0 Å². The Kier molecular flexibility index (Phi) is 3.01. The number of fused-ring (bicyclic) bond motifs is 1. The molecule has 0 bridgehead atoms. The van der Waals surface area contributed by atoms with Gasteiger partial charge in [0.15, 0.2) is 0 Å². The van der Waals surface area contributed by atoms with E-state index in [2.05, 4.69) is 24.0 Å². The van der Waals surface area contributed by atoms with Crippen molar-refractivity contribution in [3.05, 3.63) is 30.0 Å². The number of H-pyrrole nitrogens is 1. The van der Waals surface area contributed by atoms with Crippen LogP contribution in [-0.2, 0) is 0 Å². The second-order valence-corrected chi connectivity index (χ2v) is 5.65. The van der Waals surface area contributed by atoms with Crippen molar-refractivity contribution in [2.24, 2.45) is 5.92 Å². The Labute approximate surface area is 112 Å². The van der Waals surface area contributed by atoms with Crippen molar-refractivity contribution in [2.75, 3.05) is 6.54 Å². The minimum Gasteiger partial charge on any atom is -0.336 e. The molecule has 0 spiro atoms. The van der Waals surface area contributed by atoms with Crippen molar-refractivity contribution in [1.29, 1.82) is 0 Å². The molecule has 4 heteroatoms. The number of carbonyl (C=O) groups is 1. The van der Waals surface area contributed by atoms with Crippen LogP contribution in [0.3, 0.4) is 0 Å². The Hall–Kier alpha value is -1.84. The first kappa shape index (κ1) is 12.2. The van der Waals surface area contributed by atoms with Gasteiger partial charge in [-0.15, -0.1) is 0 Å². The van der Waals surface area contributed by atoms with Crippen LogP contribution < -0.4 is 0 Å². The van der Waals surface area contributed by atoms with Crippen molar-refractivity contribution < 1.29 is 4.79 Å². The molecule has 1 N–H and O–H groups in total. The first-order valence-corrected chi connectivity index (χ1v) is 6.89. The van der Waals surface area contributed by atoms with Gasteiger partial charge in [0.1, 0.15) is 0 Å². The number of aromatic amines is 1. The molecule has 4 nitrogen and oxygen atoms in total. The number of carbonyl (C=O) groups excluding carboxylic acids is 1. The molecule has 19 heavy (non-hydrogen) atoms. The normalized spacial score (nSPS) is 23.8. The van der Waals surface area contributed by atoms with Gasteiger partial charge in [0.05, 0.1) is 11.7 Å². The fourth-order valence-electron chi connectivity index (χ4n) is 2.94. The number of hydrogen-bond donors (Lipinski definition) is 1. The van der Waals surface area contributed by atoms with E-state index in [9.17, 15) is 4.79 Å². The van der Waals surface area contributed by atoms with E-state index in [4.69, 9.17) is 0 Å². The van der Waals surface area contributed by atoms with E-state index in [-0.39, 0.29) is 5.91 Å². The number of amides is 1. The smallest absolute Gasteiger partial charge is 0.254 e. The summed E-state index contributed by atoms with van der Waals surface area (Å²) in [5.74, 6) is 0.852. The Balaban J connectivity index is 1.86. The Bertz CT molecular complexity index is 604. The molecule has 100 valence electrons.